The zero-order chi connectivity index (χ0) is 22.1. The topological polar surface area (TPSA) is 76.4 Å². The van der Waals surface area contributed by atoms with Gasteiger partial charge in [0.2, 0.25) is 0 Å². The van der Waals surface area contributed by atoms with Crippen LogP contribution in [0.5, 0.6) is 5.75 Å². The lowest BCUT2D eigenvalue weighted by Gasteiger charge is -2.17. The molecule has 7 nitrogen and oxygen atoms in total. The van der Waals surface area contributed by atoms with E-state index in [4.69, 9.17) is 9.73 Å². The van der Waals surface area contributed by atoms with E-state index in [9.17, 15) is 0 Å². The monoisotopic (exact) mass is 548 g/mol. The molecule has 0 fully saturated rings. The average molecular weight is 548 g/mol. The van der Waals surface area contributed by atoms with Gasteiger partial charge in [-0.3, -0.25) is 0 Å². The standard InChI is InChI=1S/C24H32N6O.HI/c1-18(21-8-6-5-7-9-21)16-26-24(27-17-23-29-28-19(2)30(23)3)25-15-14-20-10-12-22(31-4)13-11-20;/h5-13,18H,14-17H2,1-4H3,(H2,25,26,27);1H. The molecule has 0 saturated carbocycles. The maximum atomic E-state index is 5.23. The largest absolute Gasteiger partial charge is 0.497 e. The molecule has 0 aliphatic rings. The van der Waals surface area contributed by atoms with Gasteiger partial charge in [0.25, 0.3) is 0 Å². The molecule has 32 heavy (non-hydrogen) atoms. The van der Waals surface area contributed by atoms with E-state index >= 15 is 0 Å². The highest BCUT2D eigenvalue weighted by Crippen LogP contribution is 2.13. The number of benzene rings is 2. The van der Waals surface area contributed by atoms with Gasteiger partial charge in [-0.2, -0.15) is 0 Å². The van der Waals surface area contributed by atoms with E-state index in [1.54, 1.807) is 7.11 Å². The Hall–Kier alpha value is -2.62. The van der Waals surface area contributed by atoms with Crippen molar-refractivity contribution in [3.05, 3.63) is 77.4 Å². The van der Waals surface area contributed by atoms with Crippen LogP contribution in [0.25, 0.3) is 0 Å². The van der Waals surface area contributed by atoms with Crippen molar-refractivity contribution >= 4 is 29.9 Å². The molecule has 0 saturated heterocycles. The summed E-state index contributed by atoms with van der Waals surface area (Å²) in [5.74, 6) is 3.73. The van der Waals surface area contributed by atoms with Crippen molar-refractivity contribution in [3.63, 3.8) is 0 Å². The molecule has 3 rings (SSSR count). The molecule has 1 heterocycles. The first-order valence-electron chi connectivity index (χ1n) is 10.6. The van der Waals surface area contributed by atoms with E-state index in [0.717, 1.165) is 42.9 Å². The number of nitrogens with one attached hydrogen (secondary N) is 2. The van der Waals surface area contributed by atoms with E-state index in [-0.39, 0.29) is 24.0 Å². The highest BCUT2D eigenvalue weighted by molar-refractivity contribution is 14.0. The number of methoxy groups -OCH3 is 1. The summed E-state index contributed by atoms with van der Waals surface area (Å²) in [7, 11) is 3.64. The van der Waals surface area contributed by atoms with Crippen LogP contribution >= 0.6 is 24.0 Å². The van der Waals surface area contributed by atoms with Crippen molar-refractivity contribution in [2.75, 3.05) is 20.2 Å². The zero-order valence-corrected chi connectivity index (χ0v) is 21.5. The molecule has 8 heteroatoms. The highest BCUT2D eigenvalue weighted by Gasteiger charge is 2.08. The molecular weight excluding hydrogens is 515 g/mol. The molecule has 0 amide bonds. The molecule has 0 radical (unpaired) electrons. The van der Waals surface area contributed by atoms with Crippen molar-refractivity contribution in [1.29, 1.82) is 0 Å². The Morgan fingerprint density at radius 1 is 1.06 bits per heavy atom. The highest BCUT2D eigenvalue weighted by atomic mass is 127. The van der Waals surface area contributed by atoms with Gasteiger partial charge in [-0.25, -0.2) is 4.99 Å². The third kappa shape index (κ3) is 7.51. The third-order valence-corrected chi connectivity index (χ3v) is 5.37. The lowest BCUT2D eigenvalue weighted by atomic mass is 10.0. The predicted octanol–water partition coefficient (Wildman–Crippen LogP) is 3.83. The van der Waals surface area contributed by atoms with E-state index < -0.39 is 0 Å². The number of rotatable bonds is 9. The molecule has 172 valence electrons. The first-order chi connectivity index (χ1) is 15.1. The number of ether oxygens (including phenoxy) is 1. The predicted molar refractivity (Wildman–Crippen MR) is 140 cm³/mol. The summed E-state index contributed by atoms with van der Waals surface area (Å²) in [4.78, 5) is 4.74. The van der Waals surface area contributed by atoms with E-state index in [1.807, 2.05) is 36.7 Å². The molecule has 0 bridgehead atoms. The van der Waals surface area contributed by atoms with Crippen molar-refractivity contribution in [3.8, 4) is 5.75 Å². The first kappa shape index (κ1) is 25.6. The Labute approximate surface area is 207 Å². The van der Waals surface area contributed by atoms with Gasteiger partial charge in [0.05, 0.1) is 7.11 Å². The van der Waals surface area contributed by atoms with Crippen LogP contribution in [-0.4, -0.2) is 40.9 Å². The molecule has 0 aliphatic heterocycles. The molecule has 0 aliphatic carbocycles. The van der Waals surface area contributed by atoms with Gasteiger partial charge >= 0.3 is 0 Å². The third-order valence-electron chi connectivity index (χ3n) is 5.37. The summed E-state index contributed by atoms with van der Waals surface area (Å²) in [6.07, 6.45) is 0.891. The molecule has 2 N–H and O–H groups in total. The van der Waals surface area contributed by atoms with Crippen LogP contribution < -0.4 is 15.4 Å². The minimum absolute atomic E-state index is 0. The molecule has 2 aromatic carbocycles. The minimum atomic E-state index is 0. The summed E-state index contributed by atoms with van der Waals surface area (Å²) >= 11 is 0. The quantitative estimate of drug-likeness (QED) is 0.242. The smallest absolute Gasteiger partial charge is 0.191 e. The number of hydrogen-bond donors (Lipinski definition) is 2. The maximum absolute atomic E-state index is 5.23. The second kappa shape index (κ2) is 13.0. The summed E-state index contributed by atoms with van der Waals surface area (Å²) in [6, 6.07) is 18.6. The molecule has 0 spiro atoms. The number of aliphatic imine (C=N–C) groups is 1. The Bertz CT molecular complexity index is 972. The zero-order valence-electron chi connectivity index (χ0n) is 19.2. The van der Waals surface area contributed by atoms with Gasteiger partial charge in [0, 0.05) is 20.1 Å². The van der Waals surface area contributed by atoms with Gasteiger partial charge in [-0.05, 0) is 42.5 Å². The van der Waals surface area contributed by atoms with E-state index in [2.05, 4.69) is 64.2 Å². The summed E-state index contributed by atoms with van der Waals surface area (Å²) in [5.41, 5.74) is 2.55. The maximum Gasteiger partial charge on any atom is 0.191 e. The van der Waals surface area contributed by atoms with Crippen LogP contribution in [0.3, 0.4) is 0 Å². The molecule has 1 aromatic heterocycles. The van der Waals surface area contributed by atoms with Crippen LogP contribution in [0.4, 0.5) is 0 Å². The Morgan fingerprint density at radius 2 is 1.78 bits per heavy atom. The second-order valence-electron chi connectivity index (χ2n) is 7.60. The second-order valence-corrected chi connectivity index (χ2v) is 7.60. The van der Waals surface area contributed by atoms with Crippen LogP contribution in [0.1, 0.15) is 35.6 Å². The van der Waals surface area contributed by atoms with Gasteiger partial charge in [0.15, 0.2) is 11.8 Å². The van der Waals surface area contributed by atoms with Crippen LogP contribution in [0.15, 0.2) is 59.6 Å². The number of hydrogen-bond acceptors (Lipinski definition) is 4. The molecule has 1 atom stereocenters. The van der Waals surface area contributed by atoms with Gasteiger partial charge < -0.3 is 19.9 Å². The molecular formula is C24H33IN6O. The fraction of sp³-hybridized carbons (Fsp3) is 0.375. The van der Waals surface area contributed by atoms with Crippen LogP contribution in [0.2, 0.25) is 0 Å². The Balaban J connectivity index is 0.00000363. The van der Waals surface area contributed by atoms with E-state index in [1.165, 1.54) is 11.1 Å². The SMILES string of the molecule is COc1ccc(CCNC(=NCc2nnc(C)n2C)NCC(C)c2ccccc2)cc1.I. The van der Waals surface area contributed by atoms with E-state index in [0.29, 0.717) is 12.5 Å². The van der Waals surface area contributed by atoms with Crippen molar-refractivity contribution < 1.29 is 4.74 Å². The Kier molecular flexibility index (Phi) is 10.5. The summed E-state index contributed by atoms with van der Waals surface area (Å²) in [5, 5.41) is 15.3. The number of nitrogens with zero attached hydrogens (tertiary/aromatic N) is 4. The normalized spacial score (nSPS) is 12.1. The number of aromatic nitrogens is 3. The molecule has 3 aromatic rings. The lowest BCUT2D eigenvalue weighted by Crippen LogP contribution is -2.40. The summed E-state index contributed by atoms with van der Waals surface area (Å²) < 4.78 is 7.19. The van der Waals surface area contributed by atoms with Crippen molar-refractivity contribution in [2.45, 2.75) is 32.7 Å². The van der Waals surface area contributed by atoms with Crippen LogP contribution in [0, 0.1) is 6.92 Å². The average Bonchev–Trinajstić information content (AvgIpc) is 3.13. The van der Waals surface area contributed by atoms with Gasteiger partial charge in [-0.1, -0.05) is 49.4 Å². The number of aryl methyl sites for hydroxylation is 1. The molecule has 1 unspecified atom stereocenters. The fourth-order valence-corrected chi connectivity index (χ4v) is 3.18. The lowest BCUT2D eigenvalue weighted by molar-refractivity contribution is 0.414. The van der Waals surface area contributed by atoms with Crippen molar-refractivity contribution in [2.24, 2.45) is 12.0 Å². The summed E-state index contributed by atoms with van der Waals surface area (Å²) in [6.45, 7) is 6.18. The fourth-order valence-electron chi connectivity index (χ4n) is 3.18. The van der Waals surface area contributed by atoms with Gasteiger partial charge in [0.1, 0.15) is 18.1 Å². The Morgan fingerprint density at radius 3 is 2.41 bits per heavy atom. The van der Waals surface area contributed by atoms with Crippen molar-refractivity contribution in [1.82, 2.24) is 25.4 Å². The number of halogens is 1. The number of guanidine groups is 1. The minimum Gasteiger partial charge on any atom is -0.497 e. The van der Waals surface area contributed by atoms with Crippen LogP contribution in [-0.2, 0) is 20.0 Å². The van der Waals surface area contributed by atoms with Gasteiger partial charge in [-0.15, -0.1) is 34.2 Å². The first-order valence-corrected chi connectivity index (χ1v) is 10.6.